The van der Waals surface area contributed by atoms with Crippen LogP contribution in [0.4, 0.5) is 0 Å². The fourth-order valence-electron chi connectivity index (χ4n) is 3.42. The van der Waals surface area contributed by atoms with E-state index in [1.165, 1.54) is 36.8 Å². The Bertz CT molecular complexity index is 520. The Morgan fingerprint density at radius 1 is 0.900 bits per heavy atom. The van der Waals surface area contributed by atoms with Crippen molar-refractivity contribution in [2.24, 2.45) is 0 Å². The molecule has 0 unspecified atom stereocenters. The van der Waals surface area contributed by atoms with Gasteiger partial charge in [-0.2, -0.15) is 0 Å². The Labute approximate surface area is 122 Å². The lowest BCUT2D eigenvalue weighted by molar-refractivity contribution is 0.114. The molecule has 0 spiro atoms. The van der Waals surface area contributed by atoms with Crippen molar-refractivity contribution in [1.82, 2.24) is 4.90 Å². The van der Waals surface area contributed by atoms with E-state index in [9.17, 15) is 0 Å². The smallest absolute Gasteiger partial charge is 0.0348 e. The molecule has 1 saturated heterocycles. The number of nitrogens with zero attached hydrogens (tertiary/aromatic N) is 1. The second-order valence-electron chi connectivity index (χ2n) is 5.87. The van der Waals surface area contributed by atoms with E-state index in [0.29, 0.717) is 12.1 Å². The van der Waals surface area contributed by atoms with Crippen molar-refractivity contribution >= 4 is 0 Å². The molecule has 1 aliphatic heterocycles. The molecular weight excluding hydrogens is 242 g/mol. The summed E-state index contributed by atoms with van der Waals surface area (Å²) in [7, 11) is 2.30. The van der Waals surface area contributed by atoms with Gasteiger partial charge in [-0.3, -0.25) is 4.90 Å². The summed E-state index contributed by atoms with van der Waals surface area (Å²) in [4.78, 5) is 2.59. The van der Waals surface area contributed by atoms with Gasteiger partial charge in [-0.05, 0) is 43.9 Å². The van der Waals surface area contributed by atoms with Gasteiger partial charge in [0, 0.05) is 12.1 Å². The first-order valence-corrected chi connectivity index (χ1v) is 7.65. The molecule has 0 bridgehead atoms. The predicted molar refractivity (Wildman–Crippen MR) is 84.7 cm³/mol. The Balaban J connectivity index is 1.74. The van der Waals surface area contributed by atoms with Crippen LogP contribution in [0.15, 0.2) is 60.7 Å². The minimum absolute atomic E-state index is 0.582. The van der Waals surface area contributed by atoms with E-state index in [2.05, 4.69) is 72.6 Å². The van der Waals surface area contributed by atoms with Crippen LogP contribution in [0.1, 0.15) is 36.4 Å². The van der Waals surface area contributed by atoms with Gasteiger partial charge in [0.1, 0.15) is 0 Å². The molecule has 0 N–H and O–H groups in total. The minimum Gasteiger partial charge on any atom is -0.296 e. The second-order valence-corrected chi connectivity index (χ2v) is 5.87. The van der Waals surface area contributed by atoms with Gasteiger partial charge >= 0.3 is 0 Å². The minimum atomic E-state index is 0.582. The molecule has 2 aromatic rings. The normalized spacial score (nSPS) is 23.6. The maximum Gasteiger partial charge on any atom is 0.0348 e. The van der Waals surface area contributed by atoms with E-state index < -0.39 is 0 Å². The average Bonchev–Trinajstić information content (AvgIpc) is 2.51. The Hall–Kier alpha value is -1.60. The van der Waals surface area contributed by atoms with Gasteiger partial charge < -0.3 is 0 Å². The number of rotatable bonds is 3. The topological polar surface area (TPSA) is 3.24 Å². The van der Waals surface area contributed by atoms with E-state index in [0.717, 1.165) is 0 Å². The SMILES string of the molecule is CN1[C@@H](Cc2ccccc2)CCC[C@H]1c1ccccc1. The van der Waals surface area contributed by atoms with E-state index in [-0.39, 0.29) is 0 Å². The van der Waals surface area contributed by atoms with Gasteiger partial charge in [-0.1, -0.05) is 60.7 Å². The molecule has 1 aliphatic rings. The lowest BCUT2D eigenvalue weighted by Crippen LogP contribution is -2.40. The van der Waals surface area contributed by atoms with Gasteiger partial charge in [-0.15, -0.1) is 0 Å². The molecule has 2 aromatic carbocycles. The van der Waals surface area contributed by atoms with Crippen LogP contribution in [0.25, 0.3) is 0 Å². The number of likely N-dealkylation sites (N-methyl/N-ethyl adjacent to an activating group) is 1. The zero-order valence-electron chi connectivity index (χ0n) is 12.2. The van der Waals surface area contributed by atoms with Crippen LogP contribution in [-0.4, -0.2) is 18.0 Å². The van der Waals surface area contributed by atoms with E-state index in [1.807, 2.05) is 0 Å². The molecule has 3 rings (SSSR count). The van der Waals surface area contributed by atoms with Gasteiger partial charge in [0.15, 0.2) is 0 Å². The molecule has 2 atom stereocenters. The fourth-order valence-corrected chi connectivity index (χ4v) is 3.42. The van der Waals surface area contributed by atoms with Gasteiger partial charge in [0.25, 0.3) is 0 Å². The summed E-state index contributed by atoms with van der Waals surface area (Å²) in [6.45, 7) is 0. The van der Waals surface area contributed by atoms with Crippen LogP contribution in [0.5, 0.6) is 0 Å². The molecule has 104 valence electrons. The monoisotopic (exact) mass is 265 g/mol. The van der Waals surface area contributed by atoms with Crippen molar-refractivity contribution in [2.75, 3.05) is 7.05 Å². The van der Waals surface area contributed by atoms with Crippen molar-refractivity contribution in [3.63, 3.8) is 0 Å². The molecule has 20 heavy (non-hydrogen) atoms. The predicted octanol–water partition coefficient (Wildman–Crippen LogP) is 4.45. The second kappa shape index (κ2) is 6.23. The number of hydrogen-bond donors (Lipinski definition) is 0. The number of likely N-dealkylation sites (tertiary alicyclic amines) is 1. The molecule has 1 heteroatoms. The third kappa shape index (κ3) is 2.94. The molecule has 1 heterocycles. The maximum absolute atomic E-state index is 2.59. The third-order valence-electron chi connectivity index (χ3n) is 4.58. The van der Waals surface area contributed by atoms with Crippen molar-refractivity contribution in [3.8, 4) is 0 Å². The molecule has 0 saturated carbocycles. The lowest BCUT2D eigenvalue weighted by atomic mass is 9.89. The molecule has 1 fully saturated rings. The number of benzene rings is 2. The molecule has 1 nitrogen and oxygen atoms in total. The maximum atomic E-state index is 2.59. The first-order valence-electron chi connectivity index (χ1n) is 7.65. The summed E-state index contributed by atoms with van der Waals surface area (Å²) in [5, 5.41) is 0. The highest BCUT2D eigenvalue weighted by atomic mass is 15.2. The zero-order chi connectivity index (χ0) is 13.8. The summed E-state index contributed by atoms with van der Waals surface area (Å²) in [6, 6.07) is 23.1. The number of piperidine rings is 1. The molecular formula is C19H23N. The molecule has 0 amide bonds. The highest BCUT2D eigenvalue weighted by molar-refractivity contribution is 5.21. The van der Waals surface area contributed by atoms with Gasteiger partial charge in [0.05, 0.1) is 0 Å². The van der Waals surface area contributed by atoms with Gasteiger partial charge in [0.2, 0.25) is 0 Å². The van der Waals surface area contributed by atoms with Crippen LogP contribution in [0.2, 0.25) is 0 Å². The van der Waals surface area contributed by atoms with Crippen molar-refractivity contribution in [1.29, 1.82) is 0 Å². The molecule has 0 aliphatic carbocycles. The summed E-state index contributed by atoms with van der Waals surface area (Å²) >= 11 is 0. The first-order chi connectivity index (χ1) is 9.84. The molecule has 0 radical (unpaired) electrons. The Morgan fingerprint density at radius 2 is 1.55 bits per heavy atom. The first kappa shape index (κ1) is 13.4. The van der Waals surface area contributed by atoms with Crippen LogP contribution in [0.3, 0.4) is 0 Å². The quantitative estimate of drug-likeness (QED) is 0.792. The third-order valence-corrected chi connectivity index (χ3v) is 4.58. The summed E-state index contributed by atoms with van der Waals surface area (Å²) in [5.74, 6) is 0. The van der Waals surface area contributed by atoms with Crippen molar-refractivity contribution in [3.05, 3.63) is 71.8 Å². The van der Waals surface area contributed by atoms with Crippen LogP contribution in [0, 0.1) is 0 Å². The van der Waals surface area contributed by atoms with E-state index in [1.54, 1.807) is 0 Å². The Kier molecular flexibility index (Phi) is 4.17. The zero-order valence-corrected chi connectivity index (χ0v) is 12.2. The molecule has 0 aromatic heterocycles. The van der Waals surface area contributed by atoms with E-state index in [4.69, 9.17) is 0 Å². The van der Waals surface area contributed by atoms with Crippen molar-refractivity contribution in [2.45, 2.75) is 37.8 Å². The van der Waals surface area contributed by atoms with E-state index >= 15 is 0 Å². The average molecular weight is 265 g/mol. The highest BCUT2D eigenvalue weighted by Crippen LogP contribution is 2.34. The largest absolute Gasteiger partial charge is 0.296 e. The Morgan fingerprint density at radius 3 is 2.25 bits per heavy atom. The van der Waals surface area contributed by atoms with Crippen molar-refractivity contribution < 1.29 is 0 Å². The van der Waals surface area contributed by atoms with Gasteiger partial charge in [-0.25, -0.2) is 0 Å². The standard InChI is InChI=1S/C19H23N/c1-20-18(15-16-9-4-2-5-10-16)13-8-14-19(20)17-11-6-3-7-12-17/h2-7,9-12,18-19H,8,13-15H2,1H3/t18-,19+/m1/s1. The number of hydrogen-bond acceptors (Lipinski definition) is 1. The summed E-state index contributed by atoms with van der Waals surface area (Å²) < 4.78 is 0. The van der Waals surface area contributed by atoms with Crippen LogP contribution >= 0.6 is 0 Å². The van der Waals surface area contributed by atoms with Crippen LogP contribution < -0.4 is 0 Å². The fraction of sp³-hybridized carbons (Fsp3) is 0.368. The summed E-state index contributed by atoms with van der Waals surface area (Å²) in [5.41, 5.74) is 2.92. The van der Waals surface area contributed by atoms with Crippen LogP contribution in [-0.2, 0) is 6.42 Å². The highest BCUT2D eigenvalue weighted by Gasteiger charge is 2.28. The summed E-state index contributed by atoms with van der Waals surface area (Å²) in [6.07, 6.45) is 5.10. The lowest BCUT2D eigenvalue weighted by Gasteiger charge is -2.40.